The molecule has 0 radical (unpaired) electrons. The molecule has 0 aliphatic rings. The highest BCUT2D eigenvalue weighted by Gasteiger charge is 2.26. The summed E-state index contributed by atoms with van der Waals surface area (Å²) < 4.78 is 7.20. The van der Waals surface area contributed by atoms with Crippen molar-refractivity contribution in [3.8, 4) is 17.2 Å². The maximum Gasteiger partial charge on any atom is 0.162 e. The minimum absolute atomic E-state index is 0.731. The van der Waals surface area contributed by atoms with E-state index in [1.165, 1.54) is 69.9 Å². The highest BCUT2D eigenvalue weighted by molar-refractivity contribution is 7.26. The Kier molecular flexibility index (Phi) is 4.83. The van der Waals surface area contributed by atoms with Crippen molar-refractivity contribution in [2.75, 3.05) is 0 Å². The van der Waals surface area contributed by atoms with Crippen molar-refractivity contribution in [3.63, 3.8) is 0 Å². The van der Waals surface area contributed by atoms with Crippen molar-refractivity contribution in [2.24, 2.45) is 0 Å². The first-order valence-electron chi connectivity index (χ1n) is 16.6. The van der Waals surface area contributed by atoms with Gasteiger partial charge in [0.05, 0.1) is 37.8 Å². The Morgan fingerprint density at radius 1 is 0.469 bits per heavy atom. The van der Waals surface area contributed by atoms with Crippen LogP contribution in [0.4, 0.5) is 0 Å². The fourth-order valence-electron chi connectivity index (χ4n) is 8.36. The van der Waals surface area contributed by atoms with Crippen LogP contribution in [0.15, 0.2) is 146 Å². The first-order valence-corrected chi connectivity index (χ1v) is 17.4. The second-order valence-electron chi connectivity index (χ2n) is 13.0. The molecule has 226 valence electrons. The Bertz CT molecular complexity index is 3340. The van der Waals surface area contributed by atoms with Crippen LogP contribution in [-0.4, -0.2) is 18.9 Å². The minimum atomic E-state index is 0.731. The topological polar surface area (TPSA) is 35.1 Å². The summed E-state index contributed by atoms with van der Waals surface area (Å²) in [5.41, 5.74) is 8.05. The Morgan fingerprint density at radius 2 is 1.10 bits per heavy atom. The van der Waals surface area contributed by atoms with E-state index in [1.807, 2.05) is 0 Å². The third kappa shape index (κ3) is 3.27. The van der Waals surface area contributed by atoms with Crippen LogP contribution in [0.3, 0.4) is 0 Å². The number of nitrogens with zero attached hydrogens (tertiary/aromatic N) is 4. The lowest BCUT2D eigenvalue weighted by Crippen LogP contribution is -2.01. The van der Waals surface area contributed by atoms with Crippen LogP contribution in [0.5, 0.6) is 0 Å². The monoisotopic (exact) mass is 640 g/mol. The van der Waals surface area contributed by atoms with Gasteiger partial charge < -0.3 is 4.40 Å². The third-order valence-electron chi connectivity index (χ3n) is 10.4. The van der Waals surface area contributed by atoms with Crippen LogP contribution in [0.1, 0.15) is 0 Å². The van der Waals surface area contributed by atoms with Gasteiger partial charge in [0.15, 0.2) is 11.6 Å². The van der Waals surface area contributed by atoms with E-state index < -0.39 is 0 Å². The van der Waals surface area contributed by atoms with Crippen molar-refractivity contribution in [3.05, 3.63) is 146 Å². The number of rotatable bonds is 2. The van der Waals surface area contributed by atoms with Gasteiger partial charge in [-0.2, -0.15) is 0 Å². The molecule has 0 bridgehead atoms. The van der Waals surface area contributed by atoms with Crippen molar-refractivity contribution < 1.29 is 0 Å². The Labute approximate surface area is 283 Å². The number of fused-ring (bicyclic) bond motifs is 14. The van der Waals surface area contributed by atoms with Crippen LogP contribution in [0.25, 0.3) is 108 Å². The summed E-state index contributed by atoms with van der Waals surface area (Å²) in [6.07, 6.45) is 0. The molecule has 0 aliphatic heterocycles. The molecule has 4 nitrogen and oxygen atoms in total. The fourth-order valence-corrected chi connectivity index (χ4v) is 9.48. The molecule has 0 saturated heterocycles. The van der Waals surface area contributed by atoms with E-state index >= 15 is 0 Å². The molecule has 0 fully saturated rings. The van der Waals surface area contributed by atoms with Gasteiger partial charge in [0.25, 0.3) is 0 Å². The zero-order valence-corrected chi connectivity index (χ0v) is 26.9. The van der Waals surface area contributed by atoms with Crippen LogP contribution in [0.2, 0.25) is 0 Å². The average Bonchev–Trinajstić information content (AvgIpc) is 3.90. The molecule has 12 aromatic rings. The summed E-state index contributed by atoms with van der Waals surface area (Å²) in [7, 11) is 0. The second-order valence-corrected chi connectivity index (χ2v) is 14.0. The van der Waals surface area contributed by atoms with Crippen molar-refractivity contribution in [2.45, 2.75) is 0 Å². The maximum atomic E-state index is 5.54. The quantitative estimate of drug-likeness (QED) is 0.188. The molecule has 12 rings (SSSR count). The van der Waals surface area contributed by atoms with Crippen molar-refractivity contribution in [1.29, 1.82) is 0 Å². The molecule has 0 spiro atoms. The zero-order valence-electron chi connectivity index (χ0n) is 26.1. The van der Waals surface area contributed by atoms with Crippen LogP contribution in [-0.2, 0) is 0 Å². The molecule has 0 unspecified atom stereocenters. The number of hydrogen-bond acceptors (Lipinski definition) is 3. The first-order chi connectivity index (χ1) is 24.3. The largest absolute Gasteiger partial charge is 0.308 e. The Balaban J connectivity index is 1.32. The highest BCUT2D eigenvalue weighted by Crippen LogP contribution is 2.47. The second kappa shape index (κ2) is 9.19. The number of thiophene rings is 1. The van der Waals surface area contributed by atoms with Gasteiger partial charge >= 0.3 is 0 Å². The number of aromatic nitrogens is 4. The lowest BCUT2D eigenvalue weighted by molar-refractivity contribution is 1.09. The van der Waals surface area contributed by atoms with Crippen molar-refractivity contribution >= 4 is 102 Å². The lowest BCUT2D eigenvalue weighted by atomic mass is 10.0. The number of benzene rings is 7. The van der Waals surface area contributed by atoms with Crippen LogP contribution in [0, 0.1) is 0 Å². The zero-order chi connectivity index (χ0) is 31.8. The average molecular weight is 641 g/mol. The first kappa shape index (κ1) is 25.7. The van der Waals surface area contributed by atoms with Gasteiger partial charge in [-0.3, -0.25) is 4.57 Å². The minimum Gasteiger partial charge on any atom is -0.308 e. The molecule has 5 heterocycles. The molecule has 0 N–H and O–H groups in total. The molecular weight excluding hydrogens is 617 g/mol. The lowest BCUT2D eigenvalue weighted by Gasteiger charge is -2.12. The standard InChI is InChI=1S/C44H24N4S/c1-2-12-26-23-27(22-21-25(26)11-1)43-45-39-31-16-6-10-20-37(31)49-42(39)44(46-43)48-35-18-8-4-14-29(35)33-24-32-28-13-3-7-17-34(28)47-36-19-9-5-15-30(36)38(40(32)47)41(33)48/h1-24H. The maximum absolute atomic E-state index is 5.54. The van der Waals surface area contributed by atoms with Gasteiger partial charge in [-0.1, -0.05) is 109 Å². The molecule has 7 aromatic carbocycles. The molecule has 5 heteroatoms. The van der Waals surface area contributed by atoms with Crippen LogP contribution >= 0.6 is 11.3 Å². The Hall–Kier alpha value is -6.30. The van der Waals surface area contributed by atoms with Gasteiger partial charge in [-0.05, 0) is 47.2 Å². The van der Waals surface area contributed by atoms with Gasteiger partial charge in [0, 0.05) is 48.0 Å². The molecule has 5 aromatic heterocycles. The third-order valence-corrected chi connectivity index (χ3v) is 11.6. The van der Waals surface area contributed by atoms with E-state index in [4.69, 9.17) is 9.97 Å². The van der Waals surface area contributed by atoms with E-state index in [2.05, 4.69) is 155 Å². The predicted octanol–water partition coefficient (Wildman–Crippen LogP) is 11.9. The molecular formula is C44H24N4S. The van der Waals surface area contributed by atoms with E-state index in [9.17, 15) is 0 Å². The number of hydrogen-bond donors (Lipinski definition) is 0. The molecule has 0 amide bonds. The van der Waals surface area contributed by atoms with Crippen molar-refractivity contribution in [1.82, 2.24) is 18.9 Å². The van der Waals surface area contributed by atoms with E-state index in [1.54, 1.807) is 11.3 Å². The smallest absolute Gasteiger partial charge is 0.162 e. The van der Waals surface area contributed by atoms with Gasteiger partial charge in [0.2, 0.25) is 0 Å². The summed E-state index contributed by atoms with van der Waals surface area (Å²) in [6, 6.07) is 52.6. The number of para-hydroxylation sites is 3. The van der Waals surface area contributed by atoms with Crippen LogP contribution < -0.4 is 0 Å². The summed E-state index contributed by atoms with van der Waals surface area (Å²) in [4.78, 5) is 10.9. The fraction of sp³-hybridized carbons (Fsp3) is 0. The Morgan fingerprint density at radius 3 is 1.94 bits per heavy atom. The normalized spacial score (nSPS) is 12.5. The molecule has 0 atom stereocenters. The van der Waals surface area contributed by atoms with E-state index in [-0.39, 0.29) is 0 Å². The molecule has 49 heavy (non-hydrogen) atoms. The summed E-state index contributed by atoms with van der Waals surface area (Å²) in [6.45, 7) is 0. The van der Waals surface area contributed by atoms with Gasteiger partial charge in [0.1, 0.15) is 0 Å². The van der Waals surface area contributed by atoms with E-state index in [0.717, 1.165) is 38.3 Å². The summed E-state index contributed by atoms with van der Waals surface area (Å²) in [5.74, 6) is 1.65. The highest BCUT2D eigenvalue weighted by atomic mass is 32.1. The summed E-state index contributed by atoms with van der Waals surface area (Å²) in [5, 5.41) is 11.1. The van der Waals surface area contributed by atoms with E-state index in [0.29, 0.717) is 0 Å². The van der Waals surface area contributed by atoms with Gasteiger partial charge in [-0.15, -0.1) is 11.3 Å². The molecule has 0 saturated carbocycles. The predicted molar refractivity (Wildman–Crippen MR) is 207 cm³/mol. The van der Waals surface area contributed by atoms with Gasteiger partial charge in [-0.25, -0.2) is 9.97 Å². The SMILES string of the molecule is c1ccc2cc(-c3nc(-n4c5ccccc5c5cc6c7ccccc7n7c8ccccc8c(c54)c67)c4sc5ccccc5c4n3)ccc2c1. The summed E-state index contributed by atoms with van der Waals surface area (Å²) >= 11 is 1.78. The molecule has 0 aliphatic carbocycles.